The number of hydrogen-bond acceptors (Lipinski definition) is 4. The third-order valence-electron chi connectivity index (χ3n) is 2.03. The zero-order valence-electron chi connectivity index (χ0n) is 8.73. The molecule has 0 saturated heterocycles. The van der Waals surface area contributed by atoms with E-state index in [2.05, 4.69) is 9.97 Å². The van der Waals surface area contributed by atoms with Crippen molar-refractivity contribution in [2.75, 3.05) is 5.73 Å². The van der Waals surface area contributed by atoms with Crippen molar-refractivity contribution in [1.82, 2.24) is 9.97 Å². The third-order valence-corrected chi connectivity index (χ3v) is 2.03. The van der Waals surface area contributed by atoms with Gasteiger partial charge in [-0.1, -0.05) is 18.2 Å². The second-order valence-corrected chi connectivity index (χ2v) is 3.28. The van der Waals surface area contributed by atoms with E-state index in [0.29, 0.717) is 11.4 Å². The van der Waals surface area contributed by atoms with Crippen molar-refractivity contribution in [3.05, 3.63) is 46.4 Å². The Morgan fingerprint density at radius 2 is 2.00 bits per heavy atom. The van der Waals surface area contributed by atoms with Crippen molar-refractivity contribution in [1.29, 1.82) is 0 Å². The summed E-state index contributed by atoms with van der Waals surface area (Å²) in [6, 6.07) is 9.03. The number of ether oxygens (including phenoxy) is 1. The van der Waals surface area contributed by atoms with Crippen LogP contribution in [0, 0.1) is 6.92 Å². The van der Waals surface area contributed by atoms with Gasteiger partial charge in [0.25, 0.3) is 5.56 Å². The number of anilines is 1. The summed E-state index contributed by atoms with van der Waals surface area (Å²) in [7, 11) is 0. The summed E-state index contributed by atoms with van der Waals surface area (Å²) in [5.74, 6) is 0.839. The number of nitrogens with one attached hydrogen (secondary N) is 1. The topological polar surface area (TPSA) is 81.0 Å². The number of benzene rings is 1. The van der Waals surface area contributed by atoms with Crippen LogP contribution in [-0.4, -0.2) is 9.97 Å². The van der Waals surface area contributed by atoms with E-state index in [4.69, 9.17) is 10.5 Å². The molecule has 1 aromatic heterocycles. The lowest BCUT2D eigenvalue weighted by Gasteiger charge is -2.06. The van der Waals surface area contributed by atoms with E-state index in [0.717, 1.165) is 0 Å². The maximum atomic E-state index is 11.6. The average Bonchev–Trinajstić information content (AvgIpc) is 2.25. The van der Waals surface area contributed by atoms with E-state index in [-0.39, 0.29) is 17.3 Å². The number of nitrogens with zero attached hydrogens (tertiary/aromatic N) is 1. The van der Waals surface area contributed by atoms with E-state index >= 15 is 0 Å². The molecule has 1 heterocycles. The van der Waals surface area contributed by atoms with Gasteiger partial charge >= 0.3 is 0 Å². The summed E-state index contributed by atoms with van der Waals surface area (Å²) in [6.07, 6.45) is 0. The standard InChI is InChI=1S/C11H11N3O2/c1-7-9(10(15)14-11(12)13-7)16-8-5-3-2-4-6-8/h2-6H,1H3,(H3,12,13,14,15). The lowest BCUT2D eigenvalue weighted by atomic mass is 10.3. The zero-order chi connectivity index (χ0) is 11.5. The summed E-state index contributed by atoms with van der Waals surface area (Å²) in [5.41, 5.74) is 5.48. The van der Waals surface area contributed by atoms with Crippen LogP contribution < -0.4 is 16.0 Å². The smallest absolute Gasteiger partial charge is 0.295 e. The fourth-order valence-electron chi connectivity index (χ4n) is 1.32. The molecule has 5 nitrogen and oxygen atoms in total. The van der Waals surface area contributed by atoms with Crippen LogP contribution in [-0.2, 0) is 0 Å². The highest BCUT2D eigenvalue weighted by Gasteiger charge is 2.08. The van der Waals surface area contributed by atoms with Crippen molar-refractivity contribution in [2.45, 2.75) is 6.92 Å². The van der Waals surface area contributed by atoms with Crippen LogP contribution in [0.15, 0.2) is 35.1 Å². The number of nitrogens with two attached hydrogens (primary N) is 1. The first-order chi connectivity index (χ1) is 7.66. The molecule has 0 fully saturated rings. The van der Waals surface area contributed by atoms with Crippen LogP contribution >= 0.6 is 0 Å². The van der Waals surface area contributed by atoms with Gasteiger partial charge in [-0.05, 0) is 19.1 Å². The molecule has 0 bridgehead atoms. The predicted octanol–water partition coefficient (Wildman–Crippen LogP) is 1.45. The molecule has 0 aliphatic rings. The first-order valence-electron chi connectivity index (χ1n) is 4.76. The van der Waals surface area contributed by atoms with Crippen LogP contribution in [0.5, 0.6) is 11.5 Å². The Labute approximate surface area is 91.9 Å². The van der Waals surface area contributed by atoms with Gasteiger partial charge in [-0.15, -0.1) is 0 Å². The van der Waals surface area contributed by atoms with Crippen LogP contribution in [0.2, 0.25) is 0 Å². The van der Waals surface area contributed by atoms with Crippen LogP contribution in [0.4, 0.5) is 5.95 Å². The van der Waals surface area contributed by atoms with E-state index in [1.54, 1.807) is 19.1 Å². The van der Waals surface area contributed by atoms with Gasteiger partial charge in [-0.2, -0.15) is 0 Å². The van der Waals surface area contributed by atoms with Gasteiger partial charge in [0.05, 0.1) is 5.69 Å². The van der Waals surface area contributed by atoms with Crippen molar-refractivity contribution in [2.24, 2.45) is 0 Å². The lowest BCUT2D eigenvalue weighted by molar-refractivity contribution is 0.467. The number of nitrogen functional groups attached to an aromatic ring is 1. The molecule has 2 rings (SSSR count). The molecule has 16 heavy (non-hydrogen) atoms. The molecular weight excluding hydrogens is 206 g/mol. The summed E-state index contributed by atoms with van der Waals surface area (Å²) in [4.78, 5) is 17.9. The number of aryl methyl sites for hydroxylation is 1. The van der Waals surface area contributed by atoms with Gasteiger partial charge in [0.15, 0.2) is 0 Å². The molecule has 82 valence electrons. The normalized spacial score (nSPS) is 10.1. The molecule has 5 heteroatoms. The number of hydrogen-bond donors (Lipinski definition) is 2. The van der Waals surface area contributed by atoms with Gasteiger partial charge in [0, 0.05) is 0 Å². The van der Waals surface area contributed by atoms with Crippen molar-refractivity contribution in [3.63, 3.8) is 0 Å². The summed E-state index contributed by atoms with van der Waals surface area (Å²) < 4.78 is 5.43. The maximum Gasteiger partial charge on any atom is 0.295 e. The van der Waals surface area contributed by atoms with Crippen LogP contribution in [0.1, 0.15) is 5.69 Å². The molecule has 0 amide bonds. The Morgan fingerprint density at radius 3 is 2.62 bits per heavy atom. The predicted molar refractivity (Wildman–Crippen MR) is 60.5 cm³/mol. The molecule has 0 aliphatic carbocycles. The first-order valence-corrected chi connectivity index (χ1v) is 4.76. The Morgan fingerprint density at radius 1 is 1.31 bits per heavy atom. The Hall–Kier alpha value is -2.30. The van der Waals surface area contributed by atoms with Gasteiger partial charge in [0.1, 0.15) is 5.75 Å². The molecular formula is C11H11N3O2. The highest BCUT2D eigenvalue weighted by molar-refractivity contribution is 5.34. The number of para-hydroxylation sites is 1. The fourth-order valence-corrected chi connectivity index (χ4v) is 1.32. The first kappa shape index (κ1) is 10.2. The molecule has 0 saturated carbocycles. The maximum absolute atomic E-state index is 11.6. The molecule has 1 aromatic carbocycles. The monoisotopic (exact) mass is 217 g/mol. The summed E-state index contributed by atoms with van der Waals surface area (Å²) in [5, 5.41) is 0. The van der Waals surface area contributed by atoms with Gasteiger partial charge in [0.2, 0.25) is 11.7 Å². The largest absolute Gasteiger partial charge is 0.450 e. The van der Waals surface area contributed by atoms with E-state index < -0.39 is 0 Å². The minimum Gasteiger partial charge on any atom is -0.450 e. The third kappa shape index (κ3) is 2.03. The van der Waals surface area contributed by atoms with Crippen molar-refractivity contribution in [3.8, 4) is 11.5 Å². The second kappa shape index (κ2) is 4.06. The highest BCUT2D eigenvalue weighted by Crippen LogP contribution is 2.19. The molecule has 0 radical (unpaired) electrons. The Balaban J connectivity index is 2.39. The zero-order valence-corrected chi connectivity index (χ0v) is 8.73. The molecule has 3 N–H and O–H groups in total. The summed E-state index contributed by atoms with van der Waals surface area (Å²) >= 11 is 0. The van der Waals surface area contributed by atoms with E-state index in [9.17, 15) is 4.79 Å². The minimum absolute atomic E-state index is 0.0860. The van der Waals surface area contributed by atoms with Gasteiger partial charge < -0.3 is 10.5 Å². The average molecular weight is 217 g/mol. The number of H-pyrrole nitrogens is 1. The number of aromatic nitrogens is 2. The molecule has 2 aromatic rings. The Kier molecular flexibility index (Phi) is 2.59. The molecule has 0 unspecified atom stereocenters. The highest BCUT2D eigenvalue weighted by atomic mass is 16.5. The molecule has 0 spiro atoms. The summed E-state index contributed by atoms with van der Waals surface area (Å²) in [6.45, 7) is 1.67. The van der Waals surface area contributed by atoms with Crippen molar-refractivity contribution < 1.29 is 4.74 Å². The molecule has 0 atom stereocenters. The van der Waals surface area contributed by atoms with Crippen LogP contribution in [0.25, 0.3) is 0 Å². The lowest BCUT2D eigenvalue weighted by Crippen LogP contribution is -2.14. The van der Waals surface area contributed by atoms with E-state index in [1.807, 2.05) is 18.2 Å². The number of aromatic amines is 1. The van der Waals surface area contributed by atoms with Gasteiger partial charge in [-0.3, -0.25) is 9.78 Å². The van der Waals surface area contributed by atoms with Crippen molar-refractivity contribution >= 4 is 5.95 Å². The second-order valence-electron chi connectivity index (χ2n) is 3.28. The van der Waals surface area contributed by atoms with Gasteiger partial charge in [-0.25, -0.2) is 4.98 Å². The van der Waals surface area contributed by atoms with Crippen LogP contribution in [0.3, 0.4) is 0 Å². The van der Waals surface area contributed by atoms with E-state index in [1.165, 1.54) is 0 Å². The fraction of sp³-hybridized carbons (Fsp3) is 0.0909. The quantitative estimate of drug-likeness (QED) is 0.797. The number of rotatable bonds is 2. The SMILES string of the molecule is Cc1nc(N)[nH]c(=O)c1Oc1ccccc1. The molecule has 0 aliphatic heterocycles. The Bertz CT molecular complexity index is 549. The minimum atomic E-state index is -0.381.